The van der Waals surface area contributed by atoms with Gasteiger partial charge in [0.2, 0.25) is 15.8 Å². The maximum Gasteiger partial charge on any atom is 0.240 e. The van der Waals surface area contributed by atoms with Crippen LogP contribution in [0.2, 0.25) is 0 Å². The average Bonchev–Trinajstić information content (AvgIpc) is 3.29. The number of sulfonamides is 1. The number of hydrogen-bond donors (Lipinski definition) is 1. The molecule has 0 bridgehead atoms. The summed E-state index contributed by atoms with van der Waals surface area (Å²) in [5.74, 6) is 1.09. The van der Waals surface area contributed by atoms with Gasteiger partial charge >= 0.3 is 0 Å². The van der Waals surface area contributed by atoms with Crippen LogP contribution in [0.5, 0.6) is 0 Å². The molecule has 0 atom stereocenters. The maximum atomic E-state index is 12.4. The van der Waals surface area contributed by atoms with E-state index in [1.807, 2.05) is 24.4 Å². The molecule has 3 heterocycles. The second-order valence-electron chi connectivity index (χ2n) is 8.94. The Morgan fingerprint density at radius 1 is 1.12 bits per heavy atom. The molecule has 1 aliphatic carbocycles. The van der Waals surface area contributed by atoms with Gasteiger partial charge in [-0.3, -0.25) is 4.98 Å². The molecule has 2 aromatic heterocycles. The largest absolute Gasteiger partial charge is 0.366 e. The third-order valence-electron chi connectivity index (χ3n) is 6.76. The van der Waals surface area contributed by atoms with Crippen molar-refractivity contribution in [2.24, 2.45) is 5.92 Å². The van der Waals surface area contributed by atoms with E-state index in [1.54, 1.807) is 23.1 Å². The van der Waals surface area contributed by atoms with Crippen LogP contribution < -0.4 is 9.62 Å². The Balaban J connectivity index is 1.40. The van der Waals surface area contributed by atoms with Gasteiger partial charge in [0.25, 0.3) is 0 Å². The van der Waals surface area contributed by atoms with Crippen LogP contribution >= 0.6 is 0 Å². The van der Waals surface area contributed by atoms with Crippen molar-refractivity contribution in [2.75, 3.05) is 25.0 Å². The highest BCUT2D eigenvalue weighted by atomic mass is 32.2. The number of tetrazole rings is 1. The van der Waals surface area contributed by atoms with Crippen molar-refractivity contribution in [1.29, 1.82) is 0 Å². The zero-order valence-corrected chi connectivity index (χ0v) is 19.6. The maximum absolute atomic E-state index is 12.4. The monoisotopic (exact) mass is 467 g/mol. The lowest BCUT2D eigenvalue weighted by Gasteiger charge is -2.39. The van der Waals surface area contributed by atoms with Crippen molar-refractivity contribution >= 4 is 15.7 Å². The van der Waals surface area contributed by atoms with Gasteiger partial charge in [0.05, 0.1) is 16.8 Å². The molecule has 1 aliphatic heterocycles. The third-order valence-corrected chi connectivity index (χ3v) is 8.17. The van der Waals surface area contributed by atoms with Crippen molar-refractivity contribution in [3.05, 3.63) is 48.3 Å². The van der Waals surface area contributed by atoms with Crippen LogP contribution in [0, 0.1) is 5.92 Å². The molecular weight excluding hydrogens is 438 g/mol. The molecule has 3 aromatic rings. The van der Waals surface area contributed by atoms with Crippen molar-refractivity contribution in [1.82, 2.24) is 29.9 Å². The number of aromatic nitrogens is 5. The van der Waals surface area contributed by atoms with Gasteiger partial charge in [-0.15, -0.1) is 10.2 Å². The first-order valence-electron chi connectivity index (χ1n) is 11.5. The van der Waals surface area contributed by atoms with E-state index >= 15 is 0 Å². The van der Waals surface area contributed by atoms with Gasteiger partial charge in [-0.2, -0.15) is 4.80 Å². The summed E-state index contributed by atoms with van der Waals surface area (Å²) in [6.07, 6.45) is 10.8. The van der Waals surface area contributed by atoms with E-state index in [0.29, 0.717) is 11.7 Å². The van der Waals surface area contributed by atoms with E-state index in [-0.39, 0.29) is 10.9 Å². The minimum Gasteiger partial charge on any atom is -0.366 e. The first-order valence-corrected chi connectivity index (χ1v) is 13.0. The quantitative estimate of drug-likeness (QED) is 0.569. The first kappa shape index (κ1) is 22.0. The second kappa shape index (κ2) is 9.18. The van der Waals surface area contributed by atoms with Crippen molar-refractivity contribution in [2.45, 2.75) is 49.5 Å². The number of anilines is 1. The lowest BCUT2D eigenvalue weighted by Crippen LogP contribution is -2.48. The Kier molecular flexibility index (Phi) is 6.11. The van der Waals surface area contributed by atoms with E-state index in [1.165, 1.54) is 39.2 Å². The van der Waals surface area contributed by atoms with Gasteiger partial charge in [-0.25, -0.2) is 13.1 Å². The van der Waals surface area contributed by atoms with E-state index in [9.17, 15) is 8.42 Å². The van der Waals surface area contributed by atoms with Gasteiger partial charge in [0.15, 0.2) is 0 Å². The highest BCUT2D eigenvalue weighted by Crippen LogP contribution is 2.32. The van der Waals surface area contributed by atoms with Crippen LogP contribution in [0.15, 0.2) is 47.6 Å². The van der Waals surface area contributed by atoms with E-state index in [2.05, 4.69) is 30.0 Å². The summed E-state index contributed by atoms with van der Waals surface area (Å²) in [5, 5.41) is 13.3. The molecular formula is C23H29N7O2S. The summed E-state index contributed by atoms with van der Waals surface area (Å²) in [5.41, 5.74) is 2.92. The molecule has 0 amide bonds. The Morgan fingerprint density at radius 2 is 1.94 bits per heavy atom. The summed E-state index contributed by atoms with van der Waals surface area (Å²) < 4.78 is 27.3. The topological polar surface area (TPSA) is 106 Å². The lowest BCUT2D eigenvalue weighted by atomic mass is 9.84. The fourth-order valence-electron chi connectivity index (χ4n) is 4.77. The Bertz CT molecular complexity index is 1200. The standard InChI is InChI=1S/C23H29N7O2S/c1-24-33(31,32)21-10-9-18(12-17-6-3-2-4-7-17)22(13-21)23-26-28-30(27-23)20-15-29(16-20)19-8-5-11-25-14-19/h5,8-11,13-14,17,20,24H,2-4,6-7,12,15-16H2,1H3. The molecule has 2 fully saturated rings. The molecule has 0 spiro atoms. The Hall–Kier alpha value is -2.85. The first-order chi connectivity index (χ1) is 16.0. The summed E-state index contributed by atoms with van der Waals surface area (Å²) in [4.78, 5) is 8.27. The van der Waals surface area contributed by atoms with E-state index in [0.717, 1.165) is 36.3 Å². The molecule has 1 N–H and O–H groups in total. The fourth-order valence-corrected chi connectivity index (χ4v) is 5.53. The van der Waals surface area contributed by atoms with Crippen LogP contribution in [0.3, 0.4) is 0 Å². The fraction of sp³-hybridized carbons (Fsp3) is 0.478. The normalized spacial score (nSPS) is 17.8. The van der Waals surface area contributed by atoms with Gasteiger partial charge in [-0.1, -0.05) is 38.2 Å². The van der Waals surface area contributed by atoms with Crippen LogP contribution in [-0.2, 0) is 16.4 Å². The zero-order chi connectivity index (χ0) is 22.8. The summed E-state index contributed by atoms with van der Waals surface area (Å²) in [7, 11) is -2.14. The van der Waals surface area contributed by atoms with Crippen molar-refractivity contribution in [3.8, 4) is 11.4 Å². The predicted molar refractivity (Wildman–Crippen MR) is 125 cm³/mol. The van der Waals surface area contributed by atoms with Crippen LogP contribution in [0.1, 0.15) is 43.7 Å². The summed E-state index contributed by atoms with van der Waals surface area (Å²) >= 11 is 0. The average molecular weight is 468 g/mol. The number of pyridine rings is 1. The number of nitrogens with one attached hydrogen (secondary N) is 1. The molecule has 33 heavy (non-hydrogen) atoms. The molecule has 10 heteroatoms. The highest BCUT2D eigenvalue weighted by molar-refractivity contribution is 7.89. The van der Waals surface area contributed by atoms with Crippen LogP contribution in [0.25, 0.3) is 11.4 Å². The molecule has 1 saturated carbocycles. The van der Waals surface area contributed by atoms with Gasteiger partial charge in [0.1, 0.15) is 6.04 Å². The van der Waals surface area contributed by atoms with Crippen LogP contribution in [-0.4, -0.2) is 53.7 Å². The summed E-state index contributed by atoms with van der Waals surface area (Å²) in [6, 6.07) is 9.37. The van der Waals surface area contributed by atoms with Crippen molar-refractivity contribution in [3.63, 3.8) is 0 Å². The molecule has 174 valence electrons. The summed E-state index contributed by atoms with van der Waals surface area (Å²) in [6.45, 7) is 1.56. The Labute approximate surface area is 194 Å². The smallest absolute Gasteiger partial charge is 0.240 e. The number of hydrogen-bond acceptors (Lipinski definition) is 7. The SMILES string of the molecule is CNS(=O)(=O)c1ccc(CC2CCCCC2)c(-c2nnn(C3CN(c4cccnc4)C3)n2)c1. The minimum absolute atomic E-state index is 0.123. The molecule has 2 aliphatic rings. The number of benzene rings is 1. The second-order valence-corrected chi connectivity index (χ2v) is 10.8. The molecule has 0 radical (unpaired) electrons. The van der Waals surface area contributed by atoms with Gasteiger partial charge < -0.3 is 4.90 Å². The molecule has 1 aromatic carbocycles. The number of nitrogens with zero attached hydrogens (tertiary/aromatic N) is 6. The zero-order valence-electron chi connectivity index (χ0n) is 18.8. The third kappa shape index (κ3) is 4.63. The lowest BCUT2D eigenvalue weighted by molar-refractivity contribution is 0.327. The highest BCUT2D eigenvalue weighted by Gasteiger charge is 2.31. The van der Waals surface area contributed by atoms with E-state index < -0.39 is 10.0 Å². The minimum atomic E-state index is -3.56. The van der Waals surface area contributed by atoms with E-state index in [4.69, 9.17) is 0 Å². The predicted octanol–water partition coefficient (Wildman–Crippen LogP) is 2.83. The van der Waals surface area contributed by atoms with Gasteiger partial charge in [-0.05, 0) is 54.4 Å². The van der Waals surface area contributed by atoms with Gasteiger partial charge in [0, 0.05) is 24.8 Å². The van der Waals surface area contributed by atoms with Crippen molar-refractivity contribution < 1.29 is 8.42 Å². The molecule has 1 saturated heterocycles. The van der Waals surface area contributed by atoms with Crippen LogP contribution in [0.4, 0.5) is 5.69 Å². The molecule has 0 unspecified atom stereocenters. The number of rotatable bonds is 7. The molecule has 9 nitrogen and oxygen atoms in total. The molecule has 5 rings (SSSR count). The Morgan fingerprint density at radius 3 is 2.67 bits per heavy atom.